The summed E-state index contributed by atoms with van der Waals surface area (Å²) in [6.45, 7) is 0.781. The molecule has 0 bridgehead atoms. The van der Waals surface area contributed by atoms with E-state index in [9.17, 15) is 0 Å². The van der Waals surface area contributed by atoms with Crippen molar-refractivity contribution in [3.05, 3.63) is 58.9 Å². The highest BCUT2D eigenvalue weighted by Gasteiger charge is 2.04. The van der Waals surface area contributed by atoms with Crippen LogP contribution in [0.15, 0.2) is 42.7 Å². The van der Waals surface area contributed by atoms with Gasteiger partial charge in [0, 0.05) is 23.3 Å². The molecule has 1 aromatic carbocycles. The molecule has 0 unspecified atom stereocenters. The normalized spacial score (nSPS) is 10.2. The first kappa shape index (κ1) is 13.8. The Kier molecular flexibility index (Phi) is 4.71. The van der Waals surface area contributed by atoms with E-state index in [0.29, 0.717) is 4.99 Å². The number of hydrogen-bond acceptors (Lipinski definition) is 3. The summed E-state index contributed by atoms with van der Waals surface area (Å²) >= 11 is 10.8. The standard InChI is InChI=1S/C14H14ClN3S/c15-11-3-1-10(2-4-11)5-8-18-13-9-17-7-6-12(13)14(16)19/h1-4,6-7,9,18H,5,8H2,(H2,16,19). The van der Waals surface area contributed by atoms with E-state index in [0.717, 1.165) is 29.2 Å². The molecule has 0 spiro atoms. The van der Waals surface area contributed by atoms with Gasteiger partial charge in [0.15, 0.2) is 0 Å². The summed E-state index contributed by atoms with van der Waals surface area (Å²) < 4.78 is 0. The second-order valence-electron chi connectivity index (χ2n) is 4.09. The molecule has 98 valence electrons. The number of benzene rings is 1. The van der Waals surface area contributed by atoms with E-state index in [-0.39, 0.29) is 0 Å². The zero-order valence-corrected chi connectivity index (χ0v) is 11.8. The largest absolute Gasteiger partial charge is 0.389 e. The number of halogens is 1. The fraction of sp³-hybridized carbons (Fsp3) is 0.143. The second-order valence-corrected chi connectivity index (χ2v) is 4.97. The summed E-state index contributed by atoms with van der Waals surface area (Å²) in [6, 6.07) is 9.62. The Morgan fingerprint density at radius 2 is 2.00 bits per heavy atom. The summed E-state index contributed by atoms with van der Waals surface area (Å²) in [5.41, 5.74) is 8.57. The van der Waals surface area contributed by atoms with Crippen LogP contribution in [0.3, 0.4) is 0 Å². The summed E-state index contributed by atoms with van der Waals surface area (Å²) in [5.74, 6) is 0. The topological polar surface area (TPSA) is 50.9 Å². The Hall–Kier alpha value is -1.65. The molecule has 0 aliphatic heterocycles. The number of nitrogens with zero attached hydrogens (tertiary/aromatic N) is 1. The van der Waals surface area contributed by atoms with E-state index < -0.39 is 0 Å². The maximum Gasteiger partial charge on any atom is 0.106 e. The van der Waals surface area contributed by atoms with Crippen molar-refractivity contribution in [3.63, 3.8) is 0 Å². The molecular formula is C14H14ClN3S. The van der Waals surface area contributed by atoms with Gasteiger partial charge in [0.2, 0.25) is 0 Å². The molecule has 0 radical (unpaired) electrons. The van der Waals surface area contributed by atoms with Crippen molar-refractivity contribution in [3.8, 4) is 0 Å². The summed E-state index contributed by atoms with van der Waals surface area (Å²) in [6.07, 6.45) is 4.30. The van der Waals surface area contributed by atoms with Gasteiger partial charge < -0.3 is 11.1 Å². The predicted octanol–water partition coefficient (Wildman–Crippen LogP) is 3.02. The molecule has 19 heavy (non-hydrogen) atoms. The number of pyridine rings is 1. The van der Waals surface area contributed by atoms with Crippen LogP contribution in [0.4, 0.5) is 5.69 Å². The lowest BCUT2D eigenvalue weighted by Crippen LogP contribution is -2.14. The van der Waals surface area contributed by atoms with Gasteiger partial charge in [-0.3, -0.25) is 4.98 Å². The van der Waals surface area contributed by atoms with Gasteiger partial charge in [0.05, 0.1) is 11.9 Å². The summed E-state index contributed by atoms with van der Waals surface area (Å²) in [7, 11) is 0. The van der Waals surface area contributed by atoms with E-state index in [1.165, 1.54) is 5.56 Å². The predicted molar refractivity (Wildman–Crippen MR) is 83.8 cm³/mol. The number of hydrogen-bond donors (Lipinski definition) is 2. The van der Waals surface area contributed by atoms with Crippen molar-refractivity contribution < 1.29 is 0 Å². The van der Waals surface area contributed by atoms with Crippen molar-refractivity contribution in [1.29, 1.82) is 0 Å². The van der Waals surface area contributed by atoms with Crippen molar-refractivity contribution in [2.75, 3.05) is 11.9 Å². The number of aromatic nitrogens is 1. The van der Waals surface area contributed by atoms with Crippen LogP contribution in [0.5, 0.6) is 0 Å². The number of thiocarbonyl (C=S) groups is 1. The van der Waals surface area contributed by atoms with E-state index >= 15 is 0 Å². The van der Waals surface area contributed by atoms with Crippen molar-refractivity contribution in [1.82, 2.24) is 4.98 Å². The molecule has 5 heteroatoms. The van der Waals surface area contributed by atoms with Gasteiger partial charge in [-0.2, -0.15) is 0 Å². The Labute approximate surface area is 122 Å². The lowest BCUT2D eigenvalue weighted by molar-refractivity contribution is 1.02. The highest BCUT2D eigenvalue weighted by molar-refractivity contribution is 7.80. The van der Waals surface area contributed by atoms with E-state index in [1.54, 1.807) is 12.4 Å². The number of nitrogens with one attached hydrogen (secondary N) is 1. The molecule has 1 aromatic heterocycles. The molecule has 0 saturated carbocycles. The smallest absolute Gasteiger partial charge is 0.106 e. The first-order valence-electron chi connectivity index (χ1n) is 5.89. The first-order valence-corrected chi connectivity index (χ1v) is 6.67. The SMILES string of the molecule is NC(=S)c1ccncc1NCCc1ccc(Cl)cc1. The van der Waals surface area contributed by atoms with Crippen molar-refractivity contribution in [2.45, 2.75) is 6.42 Å². The lowest BCUT2D eigenvalue weighted by Gasteiger charge is -2.10. The van der Waals surface area contributed by atoms with Gasteiger partial charge in [0.25, 0.3) is 0 Å². The zero-order valence-electron chi connectivity index (χ0n) is 10.3. The van der Waals surface area contributed by atoms with Gasteiger partial charge in [0.1, 0.15) is 4.99 Å². The maximum absolute atomic E-state index is 5.85. The minimum atomic E-state index is 0.372. The quantitative estimate of drug-likeness (QED) is 0.832. The third-order valence-corrected chi connectivity index (χ3v) is 3.20. The average molecular weight is 292 g/mol. The van der Waals surface area contributed by atoms with Crippen LogP contribution in [-0.2, 0) is 6.42 Å². The van der Waals surface area contributed by atoms with Crippen LogP contribution >= 0.6 is 23.8 Å². The Bertz CT molecular complexity index is 569. The van der Waals surface area contributed by atoms with Crippen LogP contribution in [-0.4, -0.2) is 16.5 Å². The van der Waals surface area contributed by atoms with Crippen LogP contribution in [0.2, 0.25) is 5.02 Å². The van der Waals surface area contributed by atoms with Crippen LogP contribution in [0, 0.1) is 0 Å². The Balaban J connectivity index is 1.96. The van der Waals surface area contributed by atoms with Crippen molar-refractivity contribution in [2.24, 2.45) is 5.73 Å². The lowest BCUT2D eigenvalue weighted by atomic mass is 10.1. The van der Waals surface area contributed by atoms with Crippen LogP contribution in [0.1, 0.15) is 11.1 Å². The third-order valence-electron chi connectivity index (χ3n) is 2.73. The second kappa shape index (κ2) is 6.50. The van der Waals surface area contributed by atoms with Crippen LogP contribution in [0.25, 0.3) is 0 Å². The highest BCUT2D eigenvalue weighted by atomic mass is 35.5. The molecule has 0 fully saturated rings. The van der Waals surface area contributed by atoms with Gasteiger partial charge in [-0.25, -0.2) is 0 Å². The summed E-state index contributed by atoms with van der Waals surface area (Å²) in [4.78, 5) is 4.44. The van der Waals surface area contributed by atoms with Gasteiger partial charge in [-0.15, -0.1) is 0 Å². The maximum atomic E-state index is 5.85. The number of nitrogens with two attached hydrogens (primary N) is 1. The molecule has 0 saturated heterocycles. The molecule has 0 amide bonds. The first-order chi connectivity index (χ1) is 9.16. The van der Waals surface area contributed by atoms with Gasteiger partial charge in [-0.05, 0) is 30.2 Å². The molecule has 0 aliphatic carbocycles. The monoisotopic (exact) mass is 291 g/mol. The molecule has 0 atom stereocenters. The van der Waals surface area contributed by atoms with Gasteiger partial charge in [-0.1, -0.05) is 36.0 Å². The fourth-order valence-electron chi connectivity index (χ4n) is 1.74. The van der Waals surface area contributed by atoms with Crippen LogP contribution < -0.4 is 11.1 Å². The Morgan fingerprint density at radius 1 is 1.26 bits per heavy atom. The van der Waals surface area contributed by atoms with E-state index in [2.05, 4.69) is 10.3 Å². The molecule has 1 heterocycles. The summed E-state index contributed by atoms with van der Waals surface area (Å²) in [5, 5.41) is 4.04. The molecule has 0 aliphatic rings. The zero-order chi connectivity index (χ0) is 13.7. The molecule has 3 nitrogen and oxygen atoms in total. The molecular weight excluding hydrogens is 278 g/mol. The number of anilines is 1. The van der Waals surface area contributed by atoms with Crippen molar-refractivity contribution >= 4 is 34.5 Å². The van der Waals surface area contributed by atoms with Gasteiger partial charge >= 0.3 is 0 Å². The van der Waals surface area contributed by atoms with E-state index in [1.807, 2.05) is 30.3 Å². The minimum Gasteiger partial charge on any atom is -0.389 e. The molecule has 3 N–H and O–H groups in total. The number of rotatable bonds is 5. The molecule has 2 rings (SSSR count). The third kappa shape index (κ3) is 3.91. The highest BCUT2D eigenvalue weighted by Crippen LogP contribution is 2.14. The average Bonchev–Trinajstić information content (AvgIpc) is 2.41. The Morgan fingerprint density at radius 3 is 2.68 bits per heavy atom. The minimum absolute atomic E-state index is 0.372. The van der Waals surface area contributed by atoms with E-state index in [4.69, 9.17) is 29.6 Å². The fourth-order valence-corrected chi connectivity index (χ4v) is 2.05. The molecule has 2 aromatic rings.